The van der Waals surface area contributed by atoms with E-state index in [1.165, 1.54) is 6.42 Å². The number of amides is 1. The van der Waals surface area contributed by atoms with E-state index in [-0.39, 0.29) is 5.91 Å². The average molecular weight is 237 g/mol. The van der Waals surface area contributed by atoms with Crippen molar-refractivity contribution < 1.29 is 9.32 Å². The fourth-order valence-electron chi connectivity index (χ4n) is 2.33. The molecule has 0 aromatic carbocycles. The van der Waals surface area contributed by atoms with Gasteiger partial charge in [-0.1, -0.05) is 5.16 Å². The van der Waals surface area contributed by atoms with Crippen molar-refractivity contribution in [2.45, 2.75) is 19.8 Å². The minimum atomic E-state index is -0.0114. The zero-order valence-electron chi connectivity index (χ0n) is 10.4. The van der Waals surface area contributed by atoms with E-state index >= 15 is 0 Å². The lowest BCUT2D eigenvalue weighted by Crippen LogP contribution is -2.42. The van der Waals surface area contributed by atoms with Crippen LogP contribution in [0.15, 0.2) is 10.6 Å². The molecule has 2 rings (SSSR count). The molecule has 5 heteroatoms. The summed E-state index contributed by atoms with van der Waals surface area (Å²) in [6, 6.07) is 1.70. The maximum Gasteiger partial charge on any atom is 0.276 e. The molecule has 0 bridgehead atoms. The lowest BCUT2D eigenvalue weighted by molar-refractivity contribution is 0.0664. The van der Waals surface area contributed by atoms with Crippen LogP contribution in [-0.2, 0) is 0 Å². The van der Waals surface area contributed by atoms with Crippen LogP contribution >= 0.6 is 0 Å². The van der Waals surface area contributed by atoms with Gasteiger partial charge in [-0.3, -0.25) is 4.79 Å². The van der Waals surface area contributed by atoms with E-state index in [0.717, 1.165) is 26.1 Å². The summed E-state index contributed by atoms with van der Waals surface area (Å²) >= 11 is 0. The smallest absolute Gasteiger partial charge is 0.276 e. The Morgan fingerprint density at radius 3 is 3.18 bits per heavy atom. The second-order valence-electron chi connectivity index (χ2n) is 4.64. The summed E-state index contributed by atoms with van der Waals surface area (Å²) in [6.45, 7) is 4.39. The lowest BCUT2D eigenvalue weighted by atomic mass is 9.98. The average Bonchev–Trinajstić information content (AvgIpc) is 2.76. The first-order valence-electron chi connectivity index (χ1n) is 6.08. The van der Waals surface area contributed by atoms with Crippen LogP contribution in [-0.4, -0.2) is 42.6 Å². The molecular weight excluding hydrogens is 218 g/mol. The van der Waals surface area contributed by atoms with Gasteiger partial charge in [-0.2, -0.15) is 0 Å². The zero-order chi connectivity index (χ0) is 12.3. The first-order chi connectivity index (χ1) is 8.20. The molecule has 5 nitrogen and oxygen atoms in total. The molecule has 1 aliphatic rings. The molecule has 94 valence electrons. The Bertz CT molecular complexity index is 387. The van der Waals surface area contributed by atoms with E-state index < -0.39 is 0 Å². The summed E-state index contributed by atoms with van der Waals surface area (Å²) in [7, 11) is 1.95. The molecule has 0 saturated carbocycles. The molecule has 1 atom stereocenters. The molecule has 1 aromatic heterocycles. The molecule has 1 aromatic rings. The molecule has 0 spiro atoms. The van der Waals surface area contributed by atoms with Crippen molar-refractivity contribution in [3.63, 3.8) is 0 Å². The van der Waals surface area contributed by atoms with Gasteiger partial charge in [0.2, 0.25) is 0 Å². The molecule has 1 amide bonds. The van der Waals surface area contributed by atoms with Gasteiger partial charge in [0.15, 0.2) is 5.69 Å². The van der Waals surface area contributed by atoms with Crippen LogP contribution in [0.3, 0.4) is 0 Å². The highest BCUT2D eigenvalue weighted by Gasteiger charge is 2.25. The summed E-state index contributed by atoms with van der Waals surface area (Å²) in [5.41, 5.74) is 0.424. The van der Waals surface area contributed by atoms with E-state index in [9.17, 15) is 4.79 Å². The molecular formula is C12H19N3O2. The number of hydrogen-bond acceptors (Lipinski definition) is 4. The predicted octanol–water partition coefficient (Wildman–Crippen LogP) is 1.05. The van der Waals surface area contributed by atoms with E-state index in [1.807, 2.05) is 11.9 Å². The Morgan fingerprint density at radius 2 is 2.53 bits per heavy atom. The number of likely N-dealkylation sites (tertiary alicyclic amines) is 1. The minimum Gasteiger partial charge on any atom is -0.361 e. The van der Waals surface area contributed by atoms with Crippen LogP contribution in [0, 0.1) is 12.8 Å². The quantitative estimate of drug-likeness (QED) is 0.854. The van der Waals surface area contributed by atoms with Gasteiger partial charge in [0.25, 0.3) is 5.91 Å². The highest BCUT2D eigenvalue weighted by molar-refractivity contribution is 5.92. The molecule has 1 aliphatic heterocycles. The van der Waals surface area contributed by atoms with E-state index in [1.54, 1.807) is 13.0 Å². The molecule has 1 N–H and O–H groups in total. The summed E-state index contributed by atoms with van der Waals surface area (Å²) in [4.78, 5) is 14.0. The monoisotopic (exact) mass is 237 g/mol. The van der Waals surface area contributed by atoms with Gasteiger partial charge in [0.05, 0.1) is 0 Å². The number of nitrogens with zero attached hydrogens (tertiary/aromatic N) is 2. The fraction of sp³-hybridized carbons (Fsp3) is 0.667. The van der Waals surface area contributed by atoms with Gasteiger partial charge in [-0.25, -0.2) is 0 Å². The van der Waals surface area contributed by atoms with Crippen LogP contribution in [0.5, 0.6) is 0 Å². The van der Waals surface area contributed by atoms with Crippen LogP contribution in [0.4, 0.5) is 0 Å². The molecule has 0 aliphatic carbocycles. The second-order valence-corrected chi connectivity index (χ2v) is 4.64. The number of hydrogen-bond donors (Lipinski definition) is 1. The van der Waals surface area contributed by atoms with Crippen molar-refractivity contribution in [2.75, 3.05) is 26.7 Å². The lowest BCUT2D eigenvalue weighted by Gasteiger charge is -2.32. The maximum atomic E-state index is 12.1. The van der Waals surface area contributed by atoms with Gasteiger partial charge in [0, 0.05) is 19.2 Å². The molecule has 17 heavy (non-hydrogen) atoms. The van der Waals surface area contributed by atoms with Crippen molar-refractivity contribution in [1.82, 2.24) is 15.4 Å². The first kappa shape index (κ1) is 12.1. The van der Waals surface area contributed by atoms with Crippen molar-refractivity contribution >= 4 is 5.91 Å². The highest BCUT2D eigenvalue weighted by Crippen LogP contribution is 2.18. The SMILES string of the molecule is CNCC1CCCN(C(=O)c2cc(C)on2)C1. The third-order valence-corrected chi connectivity index (χ3v) is 3.15. The first-order valence-corrected chi connectivity index (χ1v) is 6.08. The summed E-state index contributed by atoms with van der Waals surface area (Å²) in [5, 5.41) is 6.95. The largest absolute Gasteiger partial charge is 0.361 e. The van der Waals surface area contributed by atoms with Crippen LogP contribution in [0.1, 0.15) is 29.1 Å². The van der Waals surface area contributed by atoms with E-state index in [0.29, 0.717) is 17.4 Å². The van der Waals surface area contributed by atoms with E-state index in [4.69, 9.17) is 4.52 Å². The van der Waals surface area contributed by atoms with Crippen molar-refractivity contribution in [3.8, 4) is 0 Å². The van der Waals surface area contributed by atoms with Crippen molar-refractivity contribution in [3.05, 3.63) is 17.5 Å². The Kier molecular flexibility index (Phi) is 3.78. The third kappa shape index (κ3) is 2.85. The van der Waals surface area contributed by atoms with Gasteiger partial charge >= 0.3 is 0 Å². The van der Waals surface area contributed by atoms with Gasteiger partial charge < -0.3 is 14.7 Å². The topological polar surface area (TPSA) is 58.4 Å². The van der Waals surface area contributed by atoms with Crippen LogP contribution in [0.25, 0.3) is 0 Å². The highest BCUT2D eigenvalue weighted by atomic mass is 16.5. The summed E-state index contributed by atoms with van der Waals surface area (Å²) in [5.74, 6) is 1.21. The normalized spacial score (nSPS) is 20.6. The molecule has 1 fully saturated rings. The molecule has 0 radical (unpaired) electrons. The van der Waals surface area contributed by atoms with Crippen LogP contribution < -0.4 is 5.32 Å². The Hall–Kier alpha value is -1.36. The second kappa shape index (κ2) is 5.31. The zero-order valence-corrected chi connectivity index (χ0v) is 10.4. The van der Waals surface area contributed by atoms with Crippen molar-refractivity contribution in [1.29, 1.82) is 0 Å². The Morgan fingerprint density at radius 1 is 1.71 bits per heavy atom. The predicted molar refractivity (Wildman–Crippen MR) is 63.8 cm³/mol. The number of aryl methyl sites for hydroxylation is 1. The van der Waals surface area contributed by atoms with Gasteiger partial charge in [-0.05, 0) is 39.3 Å². The number of carbonyl (C=O) groups is 1. The summed E-state index contributed by atoms with van der Waals surface area (Å²) in [6.07, 6.45) is 2.25. The third-order valence-electron chi connectivity index (χ3n) is 3.15. The van der Waals surface area contributed by atoms with Crippen molar-refractivity contribution in [2.24, 2.45) is 5.92 Å². The van der Waals surface area contributed by atoms with Crippen LogP contribution in [0.2, 0.25) is 0 Å². The van der Waals surface area contributed by atoms with Gasteiger partial charge in [-0.15, -0.1) is 0 Å². The fourth-order valence-corrected chi connectivity index (χ4v) is 2.33. The maximum absolute atomic E-state index is 12.1. The Labute approximate surface area is 101 Å². The molecule has 1 unspecified atom stereocenters. The number of rotatable bonds is 3. The summed E-state index contributed by atoms with van der Waals surface area (Å²) < 4.78 is 4.94. The van der Waals surface area contributed by atoms with Gasteiger partial charge in [0.1, 0.15) is 5.76 Å². The Balaban J connectivity index is 1.99. The molecule has 1 saturated heterocycles. The minimum absolute atomic E-state index is 0.0114. The number of aromatic nitrogens is 1. The number of carbonyl (C=O) groups excluding carboxylic acids is 1. The standard InChI is InChI=1S/C12H19N3O2/c1-9-6-11(14-17-9)12(16)15-5-3-4-10(8-15)7-13-2/h6,10,13H,3-5,7-8H2,1-2H3. The molecule has 2 heterocycles. The number of nitrogens with one attached hydrogen (secondary N) is 1. The van der Waals surface area contributed by atoms with E-state index in [2.05, 4.69) is 10.5 Å². The number of piperidine rings is 1.